The van der Waals surface area contributed by atoms with Gasteiger partial charge >= 0.3 is 0 Å². The largest absolute Gasteiger partial charge is 0.299 e. The van der Waals surface area contributed by atoms with Crippen LogP contribution in [0.25, 0.3) is 0 Å². The SMILES string of the molecule is CC(=O)[C@@]12CCC3(C=C1C)[C@@H]1CCC4=CC(=O)CC[C@@H]4[C@H]1CC[C@@]32C. The van der Waals surface area contributed by atoms with Gasteiger partial charge in [0.1, 0.15) is 5.78 Å². The molecule has 0 amide bonds. The van der Waals surface area contributed by atoms with Crippen molar-refractivity contribution in [3.05, 3.63) is 23.3 Å². The van der Waals surface area contributed by atoms with Crippen molar-refractivity contribution < 1.29 is 9.59 Å². The van der Waals surface area contributed by atoms with Crippen molar-refractivity contribution in [3.63, 3.8) is 0 Å². The number of hydrogen-bond acceptors (Lipinski definition) is 2. The van der Waals surface area contributed by atoms with Crippen LogP contribution in [0.1, 0.15) is 72.1 Å². The summed E-state index contributed by atoms with van der Waals surface area (Å²) in [6.07, 6.45) is 13.4. The Bertz CT molecular complexity index is 743. The lowest BCUT2D eigenvalue weighted by Gasteiger charge is -2.59. The van der Waals surface area contributed by atoms with Gasteiger partial charge in [-0.15, -0.1) is 0 Å². The first-order chi connectivity index (χ1) is 11.9. The molecule has 2 bridgehead atoms. The molecule has 5 rings (SSSR count). The maximum absolute atomic E-state index is 12.8. The topological polar surface area (TPSA) is 34.1 Å². The number of carbonyl (C=O) groups excluding carboxylic acids is 2. The molecule has 0 aromatic rings. The number of rotatable bonds is 1. The Labute approximate surface area is 151 Å². The van der Waals surface area contributed by atoms with Gasteiger partial charge in [-0.25, -0.2) is 0 Å². The molecule has 0 spiro atoms. The third-order valence-electron chi connectivity index (χ3n) is 9.57. The number of Topliss-reactive ketones (excluding diaryl/α,β-unsaturated/α-hetero) is 1. The first kappa shape index (κ1) is 16.0. The third-order valence-corrected chi connectivity index (χ3v) is 9.57. The van der Waals surface area contributed by atoms with Crippen LogP contribution in [0, 0.1) is 34.0 Å². The molecule has 0 radical (unpaired) electrons. The molecule has 0 aromatic carbocycles. The summed E-state index contributed by atoms with van der Waals surface area (Å²) in [5.41, 5.74) is 3.00. The standard InChI is InChI=1S/C23H30O2/c1-14-13-22-10-11-23(14,15(2)24)21(22,3)9-8-19-18-6-5-17(25)12-16(18)4-7-20(19)22/h12-13,18-20H,4-11H2,1-3H3/t18-,19+,20+,21-,22?,23+/m0/s1. The van der Waals surface area contributed by atoms with E-state index in [1.165, 1.54) is 36.8 Å². The smallest absolute Gasteiger partial charge is 0.155 e. The number of hydrogen-bond donors (Lipinski definition) is 0. The number of fused-ring (bicyclic) bond motifs is 3. The van der Waals surface area contributed by atoms with Gasteiger partial charge in [0.2, 0.25) is 0 Å². The highest BCUT2D eigenvalue weighted by atomic mass is 16.1. The van der Waals surface area contributed by atoms with Gasteiger partial charge in [0.15, 0.2) is 5.78 Å². The molecule has 3 fully saturated rings. The molecular formula is C23H30O2. The predicted molar refractivity (Wildman–Crippen MR) is 97.9 cm³/mol. The lowest BCUT2D eigenvalue weighted by atomic mass is 9.44. The summed E-state index contributed by atoms with van der Waals surface area (Å²) < 4.78 is 0. The molecule has 3 saturated carbocycles. The second kappa shape index (κ2) is 4.75. The van der Waals surface area contributed by atoms with Crippen LogP contribution in [0.15, 0.2) is 23.3 Å². The Kier molecular flexibility index (Phi) is 3.05. The van der Waals surface area contributed by atoms with Crippen LogP contribution in [-0.2, 0) is 9.59 Å². The average Bonchev–Trinajstić information content (AvgIpc) is 2.95. The number of ketones is 2. The Morgan fingerprint density at radius 2 is 1.92 bits per heavy atom. The normalized spacial score (nSPS) is 50.5. The molecule has 0 N–H and O–H groups in total. The molecule has 0 aromatic heterocycles. The summed E-state index contributed by atoms with van der Waals surface area (Å²) in [6, 6.07) is 0. The van der Waals surface area contributed by atoms with Gasteiger partial charge in [-0.05, 0) is 93.5 Å². The van der Waals surface area contributed by atoms with Crippen LogP contribution in [0.2, 0.25) is 0 Å². The molecular weight excluding hydrogens is 308 g/mol. The van der Waals surface area contributed by atoms with Crippen LogP contribution in [0.4, 0.5) is 0 Å². The molecule has 1 unspecified atom stereocenters. The highest BCUT2D eigenvalue weighted by Crippen LogP contribution is 2.79. The first-order valence-electron chi connectivity index (χ1n) is 10.3. The van der Waals surface area contributed by atoms with E-state index < -0.39 is 0 Å². The lowest BCUT2D eigenvalue weighted by Crippen LogP contribution is -2.54. The van der Waals surface area contributed by atoms with Crippen LogP contribution in [0.3, 0.4) is 0 Å². The minimum absolute atomic E-state index is 0.128. The van der Waals surface area contributed by atoms with Gasteiger partial charge in [-0.1, -0.05) is 24.1 Å². The van der Waals surface area contributed by atoms with Gasteiger partial charge in [0, 0.05) is 6.42 Å². The minimum atomic E-state index is -0.184. The fourth-order valence-corrected chi connectivity index (χ4v) is 8.64. The third kappa shape index (κ3) is 1.59. The zero-order chi connectivity index (χ0) is 17.6. The summed E-state index contributed by atoms with van der Waals surface area (Å²) in [5.74, 6) is 2.82. The van der Waals surface area contributed by atoms with E-state index in [1.807, 2.05) is 13.0 Å². The van der Waals surface area contributed by atoms with Gasteiger partial charge in [-0.3, -0.25) is 9.59 Å². The molecule has 0 aliphatic heterocycles. The fourth-order valence-electron chi connectivity index (χ4n) is 8.64. The van der Waals surface area contributed by atoms with E-state index in [4.69, 9.17) is 0 Å². The zero-order valence-corrected chi connectivity index (χ0v) is 15.9. The van der Waals surface area contributed by atoms with Crippen LogP contribution in [-0.4, -0.2) is 11.6 Å². The minimum Gasteiger partial charge on any atom is -0.299 e. The molecule has 2 nitrogen and oxygen atoms in total. The summed E-state index contributed by atoms with van der Waals surface area (Å²) in [6.45, 7) is 6.51. The van der Waals surface area contributed by atoms with Crippen molar-refractivity contribution >= 4 is 11.6 Å². The Hall–Kier alpha value is -1.18. The number of carbonyl (C=O) groups is 2. The average molecular weight is 338 g/mol. The maximum atomic E-state index is 12.8. The number of allylic oxidation sites excluding steroid dienone is 3. The predicted octanol–water partition coefficient (Wildman–Crippen LogP) is 5.03. The van der Waals surface area contributed by atoms with Crippen molar-refractivity contribution in [2.75, 3.05) is 0 Å². The molecule has 134 valence electrons. The molecule has 2 heteroatoms. The monoisotopic (exact) mass is 338 g/mol. The fraction of sp³-hybridized carbons (Fsp3) is 0.739. The molecule has 5 aliphatic carbocycles. The van der Waals surface area contributed by atoms with E-state index in [2.05, 4.69) is 19.9 Å². The van der Waals surface area contributed by atoms with E-state index >= 15 is 0 Å². The first-order valence-corrected chi connectivity index (χ1v) is 10.3. The summed E-state index contributed by atoms with van der Waals surface area (Å²) in [7, 11) is 0. The van der Waals surface area contributed by atoms with Gasteiger partial charge in [0.25, 0.3) is 0 Å². The Balaban J connectivity index is 1.60. The molecule has 5 aliphatic rings. The molecule has 6 atom stereocenters. The quantitative estimate of drug-likeness (QED) is 0.628. The summed E-state index contributed by atoms with van der Waals surface area (Å²) in [5, 5.41) is 0. The van der Waals surface area contributed by atoms with Crippen molar-refractivity contribution in [3.8, 4) is 0 Å². The summed E-state index contributed by atoms with van der Waals surface area (Å²) >= 11 is 0. The van der Waals surface area contributed by atoms with E-state index in [1.54, 1.807) is 0 Å². The second-order valence-corrected chi connectivity index (χ2v) is 9.84. The van der Waals surface area contributed by atoms with Gasteiger partial charge < -0.3 is 0 Å². The molecule has 0 heterocycles. The maximum Gasteiger partial charge on any atom is 0.155 e. The van der Waals surface area contributed by atoms with Gasteiger partial charge in [0.05, 0.1) is 5.41 Å². The van der Waals surface area contributed by atoms with E-state index in [0.29, 0.717) is 23.4 Å². The van der Waals surface area contributed by atoms with Crippen molar-refractivity contribution in [1.29, 1.82) is 0 Å². The van der Waals surface area contributed by atoms with Crippen molar-refractivity contribution in [2.24, 2.45) is 34.0 Å². The molecule has 25 heavy (non-hydrogen) atoms. The zero-order valence-electron chi connectivity index (χ0n) is 15.9. The van der Waals surface area contributed by atoms with Crippen LogP contribution in [0.5, 0.6) is 0 Å². The Morgan fingerprint density at radius 1 is 1.12 bits per heavy atom. The van der Waals surface area contributed by atoms with E-state index in [9.17, 15) is 9.59 Å². The molecule has 0 saturated heterocycles. The summed E-state index contributed by atoms with van der Waals surface area (Å²) in [4.78, 5) is 24.7. The highest BCUT2D eigenvalue weighted by molar-refractivity contribution is 5.91. The van der Waals surface area contributed by atoms with Crippen LogP contribution < -0.4 is 0 Å². The van der Waals surface area contributed by atoms with Crippen molar-refractivity contribution in [1.82, 2.24) is 0 Å². The van der Waals surface area contributed by atoms with Gasteiger partial charge in [-0.2, -0.15) is 0 Å². The lowest BCUT2D eigenvalue weighted by molar-refractivity contribution is -0.137. The highest BCUT2D eigenvalue weighted by Gasteiger charge is 2.74. The van der Waals surface area contributed by atoms with Crippen molar-refractivity contribution in [2.45, 2.75) is 72.1 Å². The van der Waals surface area contributed by atoms with Crippen LogP contribution >= 0.6 is 0 Å². The van der Waals surface area contributed by atoms with E-state index in [-0.39, 0.29) is 16.2 Å². The second-order valence-electron chi connectivity index (χ2n) is 9.84. The Morgan fingerprint density at radius 3 is 2.64 bits per heavy atom. The van der Waals surface area contributed by atoms with E-state index in [0.717, 1.165) is 31.6 Å².